The molecule has 0 aliphatic carbocycles. The van der Waals surface area contributed by atoms with Crippen LogP contribution in [0.5, 0.6) is 0 Å². The van der Waals surface area contributed by atoms with E-state index in [0.717, 1.165) is 12.2 Å². The Hall–Kier alpha value is -0.800. The van der Waals surface area contributed by atoms with Gasteiger partial charge in [0.25, 0.3) is 0 Å². The Kier molecular flexibility index (Phi) is 4.85. The first-order valence-electron chi connectivity index (χ1n) is 5.59. The first kappa shape index (κ1) is 12.3. The summed E-state index contributed by atoms with van der Waals surface area (Å²) in [6.07, 6.45) is 2.64. The predicted molar refractivity (Wildman–Crippen MR) is 60.6 cm³/mol. The summed E-state index contributed by atoms with van der Waals surface area (Å²) in [5.74, 6) is 1.36. The number of aliphatic hydroxyl groups excluding tert-OH is 1. The van der Waals surface area contributed by atoms with Gasteiger partial charge in [-0.1, -0.05) is 20.8 Å². The summed E-state index contributed by atoms with van der Waals surface area (Å²) < 4.78 is 5.37. The van der Waals surface area contributed by atoms with Crippen LogP contribution in [0.25, 0.3) is 0 Å². The van der Waals surface area contributed by atoms with Crippen LogP contribution in [0.4, 0.5) is 0 Å². The topological polar surface area (TPSA) is 45.4 Å². The lowest BCUT2D eigenvalue weighted by molar-refractivity contribution is 0.192. The van der Waals surface area contributed by atoms with Crippen molar-refractivity contribution in [2.24, 2.45) is 5.92 Å². The van der Waals surface area contributed by atoms with Crippen molar-refractivity contribution in [3.05, 3.63) is 24.2 Å². The van der Waals surface area contributed by atoms with E-state index in [-0.39, 0.29) is 18.7 Å². The van der Waals surface area contributed by atoms with Gasteiger partial charge in [0.1, 0.15) is 5.76 Å². The quantitative estimate of drug-likeness (QED) is 0.759. The Morgan fingerprint density at radius 1 is 1.47 bits per heavy atom. The van der Waals surface area contributed by atoms with Crippen molar-refractivity contribution < 1.29 is 9.52 Å². The third-order valence-electron chi connectivity index (χ3n) is 2.71. The zero-order valence-corrected chi connectivity index (χ0v) is 9.73. The number of nitrogens with one attached hydrogen (secondary N) is 1. The summed E-state index contributed by atoms with van der Waals surface area (Å²) in [7, 11) is 0. The van der Waals surface area contributed by atoms with Crippen molar-refractivity contribution >= 4 is 0 Å². The molecule has 15 heavy (non-hydrogen) atoms. The van der Waals surface area contributed by atoms with E-state index in [4.69, 9.17) is 4.42 Å². The van der Waals surface area contributed by atoms with E-state index < -0.39 is 0 Å². The molecule has 0 saturated heterocycles. The highest BCUT2D eigenvalue weighted by Gasteiger charge is 2.19. The molecule has 0 fully saturated rings. The van der Waals surface area contributed by atoms with Crippen molar-refractivity contribution in [1.82, 2.24) is 5.32 Å². The number of furan rings is 1. The summed E-state index contributed by atoms with van der Waals surface area (Å²) in [6, 6.07) is 4.18. The predicted octanol–water partition coefficient (Wildman–Crippen LogP) is 2.34. The van der Waals surface area contributed by atoms with Crippen molar-refractivity contribution in [3.63, 3.8) is 0 Å². The van der Waals surface area contributed by atoms with E-state index in [0.29, 0.717) is 5.92 Å². The lowest BCUT2D eigenvalue weighted by Gasteiger charge is -2.25. The second-order valence-electron chi connectivity index (χ2n) is 4.18. The van der Waals surface area contributed by atoms with Crippen LogP contribution in [0.3, 0.4) is 0 Å². The minimum Gasteiger partial charge on any atom is -0.468 e. The molecule has 86 valence electrons. The standard InChI is InChI=1S/C12H21NO2/c1-4-10(12-6-5-7-15-12)13-11(8-14)9(2)3/h5-7,9-11,13-14H,4,8H2,1-3H3. The minimum absolute atomic E-state index is 0.125. The molecular formula is C12H21NO2. The molecule has 2 atom stereocenters. The molecule has 0 aliphatic heterocycles. The molecule has 0 radical (unpaired) electrons. The Bertz CT molecular complexity index is 257. The van der Waals surface area contributed by atoms with Gasteiger partial charge >= 0.3 is 0 Å². The minimum atomic E-state index is 0.125. The summed E-state index contributed by atoms with van der Waals surface area (Å²) in [6.45, 7) is 6.47. The lowest BCUT2D eigenvalue weighted by Crippen LogP contribution is -2.39. The van der Waals surface area contributed by atoms with Gasteiger partial charge in [-0.25, -0.2) is 0 Å². The van der Waals surface area contributed by atoms with Crippen LogP contribution in [0.15, 0.2) is 22.8 Å². The Balaban J connectivity index is 2.60. The van der Waals surface area contributed by atoms with E-state index in [1.807, 2.05) is 12.1 Å². The van der Waals surface area contributed by atoms with E-state index in [9.17, 15) is 5.11 Å². The maximum atomic E-state index is 9.25. The Morgan fingerprint density at radius 3 is 2.60 bits per heavy atom. The van der Waals surface area contributed by atoms with Gasteiger partial charge in [0, 0.05) is 6.04 Å². The zero-order valence-electron chi connectivity index (χ0n) is 9.73. The number of aliphatic hydroxyl groups is 1. The van der Waals surface area contributed by atoms with Gasteiger partial charge in [-0.3, -0.25) is 0 Å². The average Bonchev–Trinajstić information content (AvgIpc) is 2.72. The van der Waals surface area contributed by atoms with Crippen molar-refractivity contribution in [1.29, 1.82) is 0 Å². The van der Waals surface area contributed by atoms with Crippen LogP contribution < -0.4 is 5.32 Å². The smallest absolute Gasteiger partial charge is 0.120 e. The van der Waals surface area contributed by atoms with Crippen molar-refractivity contribution in [2.75, 3.05) is 6.61 Å². The monoisotopic (exact) mass is 211 g/mol. The Labute approximate surface area is 91.5 Å². The second-order valence-corrected chi connectivity index (χ2v) is 4.18. The first-order chi connectivity index (χ1) is 7.19. The fourth-order valence-corrected chi connectivity index (χ4v) is 1.61. The van der Waals surface area contributed by atoms with Crippen LogP contribution in [0.2, 0.25) is 0 Å². The van der Waals surface area contributed by atoms with Gasteiger partial charge in [-0.15, -0.1) is 0 Å². The van der Waals surface area contributed by atoms with E-state index >= 15 is 0 Å². The van der Waals surface area contributed by atoms with E-state index in [2.05, 4.69) is 26.1 Å². The molecule has 0 aliphatic rings. The number of hydrogen-bond acceptors (Lipinski definition) is 3. The molecule has 3 heteroatoms. The molecular weight excluding hydrogens is 190 g/mol. The Morgan fingerprint density at radius 2 is 2.20 bits per heavy atom. The van der Waals surface area contributed by atoms with Gasteiger partial charge in [-0.2, -0.15) is 0 Å². The van der Waals surface area contributed by atoms with Crippen molar-refractivity contribution in [3.8, 4) is 0 Å². The fourth-order valence-electron chi connectivity index (χ4n) is 1.61. The summed E-state index contributed by atoms with van der Waals surface area (Å²) >= 11 is 0. The molecule has 1 heterocycles. The fraction of sp³-hybridized carbons (Fsp3) is 0.667. The maximum Gasteiger partial charge on any atom is 0.120 e. The molecule has 0 amide bonds. The molecule has 0 aromatic carbocycles. The molecule has 3 nitrogen and oxygen atoms in total. The highest BCUT2D eigenvalue weighted by molar-refractivity contribution is 5.04. The van der Waals surface area contributed by atoms with E-state index in [1.165, 1.54) is 0 Å². The molecule has 1 aromatic rings. The van der Waals surface area contributed by atoms with Crippen LogP contribution in [0.1, 0.15) is 39.0 Å². The average molecular weight is 211 g/mol. The maximum absolute atomic E-state index is 9.25. The molecule has 2 unspecified atom stereocenters. The molecule has 1 rings (SSSR count). The zero-order chi connectivity index (χ0) is 11.3. The normalized spacial score (nSPS) is 15.5. The van der Waals surface area contributed by atoms with Crippen LogP contribution in [-0.2, 0) is 0 Å². The SMILES string of the molecule is CCC(NC(CO)C(C)C)c1ccco1. The molecule has 1 aromatic heterocycles. The summed E-state index contributed by atoms with van der Waals surface area (Å²) in [5, 5.41) is 12.7. The third kappa shape index (κ3) is 3.36. The van der Waals surface area contributed by atoms with E-state index in [1.54, 1.807) is 6.26 Å². The van der Waals surface area contributed by atoms with Crippen LogP contribution in [-0.4, -0.2) is 17.8 Å². The third-order valence-corrected chi connectivity index (χ3v) is 2.71. The van der Waals surface area contributed by atoms with Gasteiger partial charge < -0.3 is 14.8 Å². The van der Waals surface area contributed by atoms with Crippen LogP contribution in [0, 0.1) is 5.92 Å². The number of rotatable bonds is 6. The second kappa shape index (κ2) is 5.93. The summed E-state index contributed by atoms with van der Waals surface area (Å²) in [4.78, 5) is 0. The lowest BCUT2D eigenvalue weighted by atomic mass is 10.0. The molecule has 2 N–H and O–H groups in total. The van der Waals surface area contributed by atoms with Gasteiger partial charge in [0.15, 0.2) is 0 Å². The highest BCUT2D eigenvalue weighted by Crippen LogP contribution is 2.18. The molecule has 0 spiro atoms. The largest absolute Gasteiger partial charge is 0.468 e. The molecule has 0 bridgehead atoms. The van der Waals surface area contributed by atoms with Gasteiger partial charge in [0.2, 0.25) is 0 Å². The molecule has 0 saturated carbocycles. The van der Waals surface area contributed by atoms with Gasteiger partial charge in [-0.05, 0) is 24.5 Å². The summed E-state index contributed by atoms with van der Waals surface area (Å²) in [5.41, 5.74) is 0. The van der Waals surface area contributed by atoms with Crippen LogP contribution >= 0.6 is 0 Å². The first-order valence-corrected chi connectivity index (χ1v) is 5.59. The van der Waals surface area contributed by atoms with Gasteiger partial charge in [0.05, 0.1) is 18.9 Å². The number of hydrogen-bond donors (Lipinski definition) is 2. The highest BCUT2D eigenvalue weighted by atomic mass is 16.3. The van der Waals surface area contributed by atoms with Crippen molar-refractivity contribution in [2.45, 2.75) is 39.3 Å².